The molecule has 1 unspecified atom stereocenters. The van der Waals surface area contributed by atoms with Crippen molar-refractivity contribution in [2.75, 3.05) is 9.62 Å². The standard InChI is InChI=1S/C21H17BrN2O4S/c22-14-2-1-3-15(11-14)23-29(27,28)17-8-6-16(7-9-17)24-20(25)18-12-4-5-13(10-12)19(18)21(24)26/h1-9,11-13,18-19,23H,10H2/t12-,13?,18-,19+/m0/s1. The van der Waals surface area contributed by atoms with E-state index in [9.17, 15) is 18.0 Å². The van der Waals surface area contributed by atoms with E-state index in [1.54, 1.807) is 24.3 Å². The number of nitrogens with one attached hydrogen (secondary N) is 1. The van der Waals surface area contributed by atoms with E-state index in [0.717, 1.165) is 10.9 Å². The number of imide groups is 1. The van der Waals surface area contributed by atoms with E-state index in [2.05, 4.69) is 20.7 Å². The lowest BCUT2D eigenvalue weighted by molar-refractivity contribution is -0.123. The van der Waals surface area contributed by atoms with Crippen molar-refractivity contribution in [1.29, 1.82) is 0 Å². The fourth-order valence-corrected chi connectivity index (χ4v) is 6.15. The van der Waals surface area contributed by atoms with E-state index in [4.69, 9.17) is 0 Å². The third-order valence-electron chi connectivity index (χ3n) is 5.95. The number of anilines is 2. The van der Waals surface area contributed by atoms with Crippen LogP contribution >= 0.6 is 15.9 Å². The van der Waals surface area contributed by atoms with Crippen LogP contribution in [0.5, 0.6) is 0 Å². The van der Waals surface area contributed by atoms with Gasteiger partial charge in [-0.3, -0.25) is 19.2 Å². The van der Waals surface area contributed by atoms with Crippen LogP contribution in [0, 0.1) is 23.7 Å². The largest absolute Gasteiger partial charge is 0.280 e. The summed E-state index contributed by atoms with van der Waals surface area (Å²) in [5.41, 5.74) is 0.847. The number of carbonyl (C=O) groups is 2. The molecule has 1 heterocycles. The molecular weight excluding hydrogens is 456 g/mol. The Morgan fingerprint density at radius 3 is 2.14 bits per heavy atom. The lowest BCUT2D eigenvalue weighted by Gasteiger charge is -2.17. The predicted octanol–water partition coefficient (Wildman–Crippen LogP) is 3.56. The Morgan fingerprint density at radius 2 is 1.55 bits per heavy atom. The second kappa shape index (κ2) is 6.53. The van der Waals surface area contributed by atoms with Gasteiger partial charge in [0.2, 0.25) is 11.8 Å². The summed E-state index contributed by atoms with van der Waals surface area (Å²) in [5.74, 6) is -0.640. The first kappa shape index (κ1) is 18.6. The molecule has 2 aromatic rings. The third-order valence-corrected chi connectivity index (χ3v) is 7.84. The summed E-state index contributed by atoms with van der Waals surface area (Å²) < 4.78 is 28.6. The summed E-state index contributed by atoms with van der Waals surface area (Å²) in [7, 11) is -3.79. The zero-order valence-corrected chi connectivity index (χ0v) is 17.6. The summed E-state index contributed by atoms with van der Waals surface area (Å²) in [6.07, 6.45) is 4.96. The highest BCUT2D eigenvalue weighted by Gasteiger charge is 2.59. The van der Waals surface area contributed by atoms with E-state index in [1.807, 2.05) is 12.2 Å². The Morgan fingerprint density at radius 1 is 0.931 bits per heavy atom. The fraction of sp³-hybridized carbons (Fsp3) is 0.238. The van der Waals surface area contributed by atoms with Gasteiger partial charge in [-0.15, -0.1) is 0 Å². The second-order valence-electron chi connectivity index (χ2n) is 7.62. The summed E-state index contributed by atoms with van der Waals surface area (Å²) in [4.78, 5) is 27.0. The van der Waals surface area contributed by atoms with Crippen LogP contribution in [0.15, 0.2) is 70.1 Å². The molecule has 0 spiro atoms. The van der Waals surface area contributed by atoms with Gasteiger partial charge in [-0.05, 0) is 60.7 Å². The van der Waals surface area contributed by atoms with Crippen molar-refractivity contribution < 1.29 is 18.0 Å². The zero-order chi connectivity index (χ0) is 20.3. The van der Waals surface area contributed by atoms with Crippen LogP contribution in [0.4, 0.5) is 11.4 Å². The topological polar surface area (TPSA) is 83.6 Å². The normalized spacial score (nSPS) is 27.6. The van der Waals surface area contributed by atoms with E-state index in [0.29, 0.717) is 11.4 Å². The Labute approximate surface area is 176 Å². The molecule has 1 aliphatic heterocycles. The molecule has 29 heavy (non-hydrogen) atoms. The van der Waals surface area contributed by atoms with Crippen LogP contribution in [-0.4, -0.2) is 20.2 Å². The lowest BCUT2D eigenvalue weighted by atomic mass is 9.85. The first-order valence-corrected chi connectivity index (χ1v) is 11.6. The zero-order valence-electron chi connectivity index (χ0n) is 15.2. The lowest BCUT2D eigenvalue weighted by Crippen LogP contribution is -2.32. The SMILES string of the molecule is O=C1[C@@H]2[C@H](C(=O)N1c1ccc(S(=O)(=O)Nc3cccc(Br)c3)cc1)C1C=C[C@H]2C1. The van der Waals surface area contributed by atoms with Crippen molar-refractivity contribution in [3.63, 3.8) is 0 Å². The monoisotopic (exact) mass is 472 g/mol. The number of allylic oxidation sites excluding steroid dienone is 2. The number of nitrogens with zero attached hydrogens (tertiary/aromatic N) is 1. The van der Waals surface area contributed by atoms with E-state index in [1.165, 1.54) is 29.2 Å². The summed E-state index contributed by atoms with van der Waals surface area (Å²) in [6.45, 7) is 0. The minimum absolute atomic E-state index is 0.0576. The average molecular weight is 473 g/mol. The van der Waals surface area contributed by atoms with Crippen LogP contribution in [-0.2, 0) is 19.6 Å². The molecule has 1 N–H and O–H groups in total. The van der Waals surface area contributed by atoms with Crippen molar-refractivity contribution >= 4 is 49.1 Å². The maximum atomic E-state index is 12.9. The van der Waals surface area contributed by atoms with Crippen LogP contribution in [0.2, 0.25) is 0 Å². The second-order valence-corrected chi connectivity index (χ2v) is 10.2. The van der Waals surface area contributed by atoms with Gasteiger partial charge in [-0.25, -0.2) is 8.42 Å². The highest BCUT2D eigenvalue weighted by Crippen LogP contribution is 2.53. The molecule has 5 rings (SSSR count). The molecule has 2 aromatic carbocycles. The Bertz CT molecular complexity index is 1130. The average Bonchev–Trinajstić information content (AvgIpc) is 3.35. The van der Waals surface area contributed by atoms with Crippen molar-refractivity contribution in [3.05, 3.63) is 65.2 Å². The van der Waals surface area contributed by atoms with Gasteiger partial charge in [-0.2, -0.15) is 0 Å². The molecule has 2 aliphatic carbocycles. The summed E-state index contributed by atoms with van der Waals surface area (Å²) >= 11 is 3.31. The first-order valence-electron chi connectivity index (χ1n) is 9.30. The van der Waals surface area contributed by atoms with Crippen molar-refractivity contribution in [2.24, 2.45) is 23.7 Å². The van der Waals surface area contributed by atoms with Gasteiger partial charge in [0.25, 0.3) is 10.0 Å². The number of carbonyl (C=O) groups excluding carboxylic acids is 2. The molecule has 6 nitrogen and oxygen atoms in total. The smallest absolute Gasteiger partial charge is 0.261 e. The maximum absolute atomic E-state index is 12.9. The van der Waals surface area contributed by atoms with Gasteiger partial charge in [0, 0.05) is 10.2 Å². The minimum atomic E-state index is -3.79. The molecule has 4 atom stereocenters. The molecule has 0 radical (unpaired) electrons. The quantitative estimate of drug-likeness (QED) is 0.544. The number of halogens is 1. The maximum Gasteiger partial charge on any atom is 0.261 e. The molecular formula is C21H17BrN2O4S. The van der Waals surface area contributed by atoms with Crippen molar-refractivity contribution in [1.82, 2.24) is 0 Å². The molecule has 148 valence electrons. The molecule has 2 fully saturated rings. The molecule has 8 heteroatoms. The predicted molar refractivity (Wildman–Crippen MR) is 112 cm³/mol. The number of amides is 2. The van der Waals surface area contributed by atoms with Crippen LogP contribution in [0.1, 0.15) is 6.42 Å². The van der Waals surface area contributed by atoms with Crippen molar-refractivity contribution in [3.8, 4) is 0 Å². The van der Waals surface area contributed by atoms with E-state index >= 15 is 0 Å². The Hall–Kier alpha value is -2.45. The number of hydrogen-bond acceptors (Lipinski definition) is 4. The van der Waals surface area contributed by atoms with Crippen LogP contribution < -0.4 is 9.62 Å². The fourth-order valence-electron chi connectivity index (χ4n) is 4.70. The van der Waals surface area contributed by atoms with Gasteiger partial charge in [0.1, 0.15) is 0 Å². The third kappa shape index (κ3) is 2.93. The molecule has 1 saturated heterocycles. The van der Waals surface area contributed by atoms with Crippen LogP contribution in [0.25, 0.3) is 0 Å². The van der Waals surface area contributed by atoms with Gasteiger partial charge in [0.05, 0.1) is 22.4 Å². The molecule has 0 aromatic heterocycles. The number of rotatable bonds is 4. The number of hydrogen-bond donors (Lipinski definition) is 1. The highest BCUT2D eigenvalue weighted by atomic mass is 79.9. The summed E-state index contributed by atoms with van der Waals surface area (Å²) in [6, 6.07) is 12.7. The minimum Gasteiger partial charge on any atom is -0.280 e. The van der Waals surface area contributed by atoms with Gasteiger partial charge >= 0.3 is 0 Å². The molecule has 3 aliphatic rings. The number of benzene rings is 2. The highest BCUT2D eigenvalue weighted by molar-refractivity contribution is 9.10. The Kier molecular flexibility index (Phi) is 4.18. The van der Waals surface area contributed by atoms with Gasteiger partial charge in [-0.1, -0.05) is 34.1 Å². The van der Waals surface area contributed by atoms with E-state index in [-0.39, 0.29) is 40.4 Å². The molecule has 2 bridgehead atoms. The van der Waals surface area contributed by atoms with Crippen LogP contribution in [0.3, 0.4) is 0 Å². The summed E-state index contributed by atoms with van der Waals surface area (Å²) in [5, 5.41) is 0. The van der Waals surface area contributed by atoms with Gasteiger partial charge < -0.3 is 0 Å². The number of fused-ring (bicyclic) bond motifs is 5. The van der Waals surface area contributed by atoms with E-state index < -0.39 is 10.0 Å². The number of sulfonamides is 1. The Balaban J connectivity index is 1.39. The molecule has 2 amide bonds. The first-order chi connectivity index (χ1) is 13.8. The molecule has 1 saturated carbocycles. The van der Waals surface area contributed by atoms with Gasteiger partial charge in [0.15, 0.2) is 0 Å². The van der Waals surface area contributed by atoms with Crippen molar-refractivity contribution in [2.45, 2.75) is 11.3 Å².